The second kappa shape index (κ2) is 7.62. The van der Waals surface area contributed by atoms with Crippen molar-refractivity contribution in [2.45, 2.75) is 58.2 Å². The highest BCUT2D eigenvalue weighted by Gasteiger charge is 2.46. The number of quaternary nitrogens is 1. The lowest BCUT2D eigenvalue weighted by atomic mass is 9.88. The Labute approximate surface area is 122 Å². The molecule has 4 nitrogen and oxygen atoms in total. The van der Waals surface area contributed by atoms with E-state index in [4.69, 9.17) is 11.2 Å². The second-order valence-corrected chi connectivity index (χ2v) is 5.27. The summed E-state index contributed by atoms with van der Waals surface area (Å²) < 4.78 is 5.32. The highest BCUT2D eigenvalue weighted by Crippen LogP contribution is 2.12. The highest BCUT2D eigenvalue weighted by molar-refractivity contribution is 5.67. The van der Waals surface area contributed by atoms with Crippen molar-refractivity contribution in [3.8, 4) is 12.3 Å². The molecule has 0 atom stereocenters. The molecule has 0 aromatic heterocycles. The van der Waals surface area contributed by atoms with Crippen LogP contribution in [-0.2, 0) is 4.74 Å². The van der Waals surface area contributed by atoms with E-state index in [2.05, 4.69) is 25.1 Å². The van der Waals surface area contributed by atoms with Crippen LogP contribution < -0.4 is 22.6 Å². The van der Waals surface area contributed by atoms with E-state index in [0.717, 1.165) is 25.9 Å². The van der Waals surface area contributed by atoms with Gasteiger partial charge in [0.1, 0.15) is 13.1 Å². The number of nitrogens with one attached hydrogen (secondary N) is 2. The molecule has 0 aliphatic carbocycles. The molecule has 1 rings (SSSR count). The summed E-state index contributed by atoms with van der Waals surface area (Å²) >= 11 is 0. The number of terminal acetylenes is 1. The largest absolute Gasteiger partial charge is 1.00 e. The van der Waals surface area contributed by atoms with Gasteiger partial charge in [-0.25, -0.2) is 4.79 Å². The molecule has 19 heavy (non-hydrogen) atoms. The quantitative estimate of drug-likeness (QED) is 0.553. The van der Waals surface area contributed by atoms with Gasteiger partial charge in [-0.1, -0.05) is 13.8 Å². The topological polar surface area (TPSA) is 42.8 Å². The first-order chi connectivity index (χ1) is 8.47. The van der Waals surface area contributed by atoms with Gasteiger partial charge in [0.2, 0.25) is 6.10 Å². The molecule has 1 fully saturated rings. The molecule has 0 aromatic rings. The number of alkyl carbamates (subject to hydrolysis) is 1. The van der Waals surface area contributed by atoms with Crippen LogP contribution in [0.15, 0.2) is 0 Å². The van der Waals surface area contributed by atoms with Gasteiger partial charge in [0.25, 0.3) is 0 Å². The maximum absolute atomic E-state index is 11.4. The van der Waals surface area contributed by atoms with Crippen LogP contribution in [0.1, 0.15) is 40.5 Å². The third kappa shape index (κ3) is 4.29. The van der Waals surface area contributed by atoms with E-state index in [-0.39, 0.29) is 36.2 Å². The fourth-order valence-corrected chi connectivity index (χ4v) is 2.44. The van der Waals surface area contributed by atoms with Crippen molar-refractivity contribution in [3.05, 3.63) is 0 Å². The number of carbonyl (C=O) groups is 1. The number of carbonyl (C=O) groups excluding carboxylic acids is 1. The number of halogens is 1. The predicted octanol–water partition coefficient (Wildman–Crippen LogP) is -2.42. The molecule has 1 amide bonds. The Hall–Kier alpha value is -0.920. The standard InChI is InChI=1S/C14H24N2O2.ClH/c1-6-14(7-2,8-3)16-9-12(10-16)18-13(17)15-11(4)5;/h1,11-12H,7-10H2,2-5H3,(H,15,17);1H. The fourth-order valence-electron chi connectivity index (χ4n) is 2.44. The third-order valence-corrected chi connectivity index (χ3v) is 3.79. The van der Waals surface area contributed by atoms with Crippen molar-refractivity contribution in [2.24, 2.45) is 0 Å². The molecule has 0 spiro atoms. The zero-order valence-corrected chi connectivity index (χ0v) is 13.0. The van der Waals surface area contributed by atoms with Gasteiger partial charge >= 0.3 is 6.09 Å². The monoisotopic (exact) mass is 288 g/mol. The summed E-state index contributed by atoms with van der Waals surface area (Å²) in [5, 5.41) is 2.73. The molecule has 1 heterocycles. The molecule has 110 valence electrons. The molecule has 1 aliphatic rings. The van der Waals surface area contributed by atoms with Crippen LogP contribution in [0.5, 0.6) is 0 Å². The predicted molar refractivity (Wildman–Crippen MR) is 71.4 cm³/mol. The minimum absolute atomic E-state index is 0. The highest BCUT2D eigenvalue weighted by atomic mass is 35.5. The van der Waals surface area contributed by atoms with Crippen LogP contribution in [0.4, 0.5) is 4.79 Å². The zero-order chi connectivity index (χ0) is 13.8. The van der Waals surface area contributed by atoms with Crippen LogP contribution in [0.2, 0.25) is 0 Å². The Kier molecular flexibility index (Phi) is 7.25. The van der Waals surface area contributed by atoms with Crippen LogP contribution >= 0.6 is 0 Å². The first-order valence-corrected chi connectivity index (χ1v) is 6.77. The Balaban J connectivity index is 0.00000324. The van der Waals surface area contributed by atoms with Crippen LogP contribution in [0.3, 0.4) is 0 Å². The number of hydrogen-bond acceptors (Lipinski definition) is 2. The first kappa shape index (κ1) is 18.1. The summed E-state index contributed by atoms with van der Waals surface area (Å²) in [4.78, 5) is 12.8. The van der Waals surface area contributed by atoms with Gasteiger partial charge in [0.05, 0.1) is 0 Å². The maximum Gasteiger partial charge on any atom is 0.408 e. The van der Waals surface area contributed by atoms with Gasteiger partial charge in [0.15, 0.2) is 5.54 Å². The number of likely N-dealkylation sites (tertiary alicyclic amines) is 1. The van der Waals surface area contributed by atoms with E-state index in [1.54, 1.807) is 0 Å². The van der Waals surface area contributed by atoms with Crippen LogP contribution in [-0.4, -0.2) is 36.9 Å². The molecular weight excluding hydrogens is 264 g/mol. The number of hydrogen-bond donors (Lipinski definition) is 2. The maximum atomic E-state index is 11.4. The summed E-state index contributed by atoms with van der Waals surface area (Å²) in [5.74, 6) is 2.93. The van der Waals surface area contributed by atoms with E-state index in [1.807, 2.05) is 13.8 Å². The first-order valence-electron chi connectivity index (χ1n) is 6.77. The molecule has 0 bridgehead atoms. The molecule has 0 saturated carbocycles. The summed E-state index contributed by atoms with van der Waals surface area (Å²) in [7, 11) is 0. The zero-order valence-electron chi connectivity index (χ0n) is 12.3. The molecule has 0 aromatic carbocycles. The van der Waals surface area contributed by atoms with Crippen LogP contribution in [0.25, 0.3) is 0 Å². The molecule has 0 radical (unpaired) electrons. The van der Waals surface area contributed by atoms with Crippen LogP contribution in [0, 0.1) is 12.3 Å². The summed E-state index contributed by atoms with van der Waals surface area (Å²) in [6, 6.07) is 0.108. The van der Waals surface area contributed by atoms with Gasteiger partial charge in [0, 0.05) is 18.9 Å². The Morgan fingerprint density at radius 3 is 2.37 bits per heavy atom. The lowest BCUT2D eigenvalue weighted by molar-refractivity contribution is -0.988. The fraction of sp³-hybridized carbons (Fsp3) is 0.786. The molecule has 1 aliphatic heterocycles. The molecule has 5 heteroatoms. The lowest BCUT2D eigenvalue weighted by Crippen LogP contribution is -3.28. The lowest BCUT2D eigenvalue weighted by Gasteiger charge is -2.44. The van der Waals surface area contributed by atoms with Crippen molar-refractivity contribution in [3.63, 3.8) is 0 Å². The number of ether oxygens (including phenoxy) is 1. The average molecular weight is 289 g/mol. The smallest absolute Gasteiger partial charge is 0.408 e. The van der Waals surface area contributed by atoms with E-state index >= 15 is 0 Å². The molecule has 0 unspecified atom stereocenters. The van der Waals surface area contributed by atoms with Gasteiger partial charge < -0.3 is 27.4 Å². The van der Waals surface area contributed by atoms with Crippen molar-refractivity contribution >= 4 is 6.09 Å². The van der Waals surface area contributed by atoms with E-state index in [0.29, 0.717) is 0 Å². The average Bonchev–Trinajstić information content (AvgIpc) is 2.27. The van der Waals surface area contributed by atoms with Crippen molar-refractivity contribution in [2.75, 3.05) is 13.1 Å². The summed E-state index contributed by atoms with van der Waals surface area (Å²) in [6.45, 7) is 9.70. The molecule has 2 N–H and O–H groups in total. The minimum Gasteiger partial charge on any atom is -1.00 e. The van der Waals surface area contributed by atoms with Gasteiger partial charge in [-0.15, -0.1) is 6.42 Å². The van der Waals surface area contributed by atoms with Gasteiger partial charge in [-0.3, -0.25) is 0 Å². The van der Waals surface area contributed by atoms with E-state index < -0.39 is 0 Å². The van der Waals surface area contributed by atoms with E-state index in [1.165, 1.54) is 4.90 Å². The second-order valence-electron chi connectivity index (χ2n) is 5.27. The normalized spacial score (nSPS) is 21.9. The Bertz CT molecular complexity index is 329. The Morgan fingerprint density at radius 2 is 2.00 bits per heavy atom. The Morgan fingerprint density at radius 1 is 1.47 bits per heavy atom. The van der Waals surface area contributed by atoms with Crippen molar-refractivity contribution < 1.29 is 26.8 Å². The SMILES string of the molecule is C#CC(CC)(CC)[NH+]1CC(OC(=O)NC(C)C)C1.[Cl-]. The van der Waals surface area contributed by atoms with E-state index in [9.17, 15) is 4.79 Å². The third-order valence-electron chi connectivity index (χ3n) is 3.79. The van der Waals surface area contributed by atoms with Crippen molar-refractivity contribution in [1.82, 2.24) is 5.32 Å². The molecular formula is C14H25ClN2O2. The minimum atomic E-state index is -0.326. The number of amides is 1. The van der Waals surface area contributed by atoms with Gasteiger partial charge in [-0.05, 0) is 19.8 Å². The summed E-state index contributed by atoms with van der Waals surface area (Å²) in [5.41, 5.74) is -0.0889. The summed E-state index contributed by atoms with van der Waals surface area (Å²) in [6.07, 6.45) is 7.26. The van der Waals surface area contributed by atoms with Gasteiger partial charge in [-0.2, -0.15) is 0 Å². The number of rotatable bonds is 5. The molecule has 1 saturated heterocycles. The van der Waals surface area contributed by atoms with Crippen molar-refractivity contribution in [1.29, 1.82) is 0 Å².